The smallest absolute Gasteiger partial charge is 0.394 e. The normalized spacial score (nSPS) is 23.3. The molecule has 2 aromatic rings. The molecule has 8 heteroatoms. The van der Waals surface area contributed by atoms with E-state index in [1.54, 1.807) is 12.1 Å². The second-order valence-corrected chi connectivity index (χ2v) is 7.25. The number of nitrogens with one attached hydrogen (secondary N) is 2. The van der Waals surface area contributed by atoms with Crippen molar-refractivity contribution in [2.75, 3.05) is 19.7 Å². The quantitative estimate of drug-likeness (QED) is 0.483. The number of hydrogen-bond acceptors (Lipinski definition) is 5. The second-order valence-electron chi connectivity index (χ2n) is 7.25. The van der Waals surface area contributed by atoms with Gasteiger partial charge in [-0.2, -0.15) is 13.2 Å². The van der Waals surface area contributed by atoms with Gasteiger partial charge < -0.3 is 26.0 Å². The third-order valence-corrected chi connectivity index (χ3v) is 5.28. The molecule has 4 atom stereocenters. The van der Waals surface area contributed by atoms with Crippen LogP contribution in [0.2, 0.25) is 0 Å². The van der Waals surface area contributed by atoms with Gasteiger partial charge in [-0.3, -0.25) is 0 Å². The Hall–Kier alpha value is -1.97. The Morgan fingerprint density at radius 1 is 1.00 bits per heavy atom. The maximum Gasteiger partial charge on any atom is 0.416 e. The molecule has 29 heavy (non-hydrogen) atoms. The number of rotatable bonds is 7. The summed E-state index contributed by atoms with van der Waals surface area (Å²) in [6, 6.07) is 11.8. The summed E-state index contributed by atoms with van der Waals surface area (Å²) in [4.78, 5) is 0. The number of halogens is 3. The number of benzene rings is 2. The molecule has 0 aromatic heterocycles. The van der Waals surface area contributed by atoms with E-state index in [-0.39, 0.29) is 18.7 Å². The molecule has 158 valence electrons. The highest BCUT2D eigenvalue weighted by atomic mass is 19.4. The molecule has 0 bridgehead atoms. The van der Waals surface area contributed by atoms with E-state index in [0.717, 1.165) is 23.3 Å². The summed E-state index contributed by atoms with van der Waals surface area (Å²) in [6.45, 7) is 0.775. The Bertz CT molecular complexity index is 781. The van der Waals surface area contributed by atoms with Crippen molar-refractivity contribution in [3.8, 4) is 11.1 Å². The first kappa shape index (κ1) is 21.7. The van der Waals surface area contributed by atoms with Gasteiger partial charge in [0.25, 0.3) is 0 Å². The van der Waals surface area contributed by atoms with Crippen LogP contribution in [0.15, 0.2) is 48.5 Å². The van der Waals surface area contributed by atoms with Crippen LogP contribution in [0.3, 0.4) is 0 Å². The molecule has 1 fully saturated rings. The molecule has 1 aliphatic rings. The highest BCUT2D eigenvalue weighted by Crippen LogP contribution is 2.31. The molecular formula is C21H25F3N2O3. The predicted octanol–water partition coefficient (Wildman–Crippen LogP) is 2.08. The Kier molecular flexibility index (Phi) is 6.92. The first-order valence-electron chi connectivity index (χ1n) is 9.51. The molecule has 1 unspecified atom stereocenters. The first-order valence-corrected chi connectivity index (χ1v) is 9.51. The molecule has 0 saturated carbocycles. The van der Waals surface area contributed by atoms with Crippen molar-refractivity contribution in [3.05, 3.63) is 59.7 Å². The topological polar surface area (TPSA) is 84.8 Å². The molecule has 2 aromatic carbocycles. The van der Waals surface area contributed by atoms with Crippen molar-refractivity contribution in [2.24, 2.45) is 0 Å². The van der Waals surface area contributed by atoms with Crippen molar-refractivity contribution in [3.63, 3.8) is 0 Å². The minimum absolute atomic E-state index is 0.122. The summed E-state index contributed by atoms with van der Waals surface area (Å²) in [5, 5.41) is 35.4. The van der Waals surface area contributed by atoms with Crippen molar-refractivity contribution < 1.29 is 28.5 Å². The lowest BCUT2D eigenvalue weighted by Gasteiger charge is -2.20. The lowest BCUT2D eigenvalue weighted by atomic mass is 9.99. The fraction of sp³-hybridized carbons (Fsp3) is 0.429. The average molecular weight is 410 g/mol. The third-order valence-electron chi connectivity index (χ3n) is 5.28. The molecular weight excluding hydrogens is 385 g/mol. The maximum atomic E-state index is 12.7. The van der Waals surface area contributed by atoms with Gasteiger partial charge in [0.1, 0.15) is 0 Å². The van der Waals surface area contributed by atoms with Gasteiger partial charge in [0.15, 0.2) is 0 Å². The minimum Gasteiger partial charge on any atom is -0.394 e. The van der Waals surface area contributed by atoms with Crippen molar-refractivity contribution in [1.29, 1.82) is 0 Å². The molecule has 0 radical (unpaired) electrons. The van der Waals surface area contributed by atoms with Crippen LogP contribution in [-0.4, -0.2) is 53.3 Å². The molecule has 1 heterocycles. The fourth-order valence-electron chi connectivity index (χ4n) is 3.52. The van der Waals surface area contributed by atoms with E-state index in [9.17, 15) is 28.5 Å². The lowest BCUT2D eigenvalue weighted by Crippen LogP contribution is -2.37. The van der Waals surface area contributed by atoms with Crippen LogP contribution in [0.25, 0.3) is 11.1 Å². The molecule has 0 spiro atoms. The maximum absolute atomic E-state index is 12.7. The molecule has 3 rings (SSSR count). The van der Waals surface area contributed by atoms with Crippen LogP contribution in [-0.2, 0) is 6.18 Å². The van der Waals surface area contributed by atoms with Gasteiger partial charge in [0.05, 0.1) is 30.4 Å². The zero-order chi connectivity index (χ0) is 21.0. The van der Waals surface area contributed by atoms with Gasteiger partial charge in [-0.15, -0.1) is 0 Å². The van der Waals surface area contributed by atoms with Gasteiger partial charge in [0.2, 0.25) is 0 Å². The summed E-state index contributed by atoms with van der Waals surface area (Å²) in [6.07, 6.45) is -5.32. The van der Waals surface area contributed by atoms with Crippen LogP contribution in [0, 0.1) is 0 Å². The van der Waals surface area contributed by atoms with Crippen molar-refractivity contribution in [1.82, 2.24) is 10.6 Å². The number of aliphatic hydroxyl groups excluding tert-OH is 3. The van der Waals surface area contributed by atoms with Gasteiger partial charge in [-0.05, 0) is 41.8 Å². The molecule has 5 nitrogen and oxygen atoms in total. The van der Waals surface area contributed by atoms with Crippen LogP contribution >= 0.6 is 0 Å². The van der Waals surface area contributed by atoms with Gasteiger partial charge in [-0.1, -0.05) is 36.4 Å². The van der Waals surface area contributed by atoms with Crippen LogP contribution in [0.5, 0.6) is 0 Å². The highest BCUT2D eigenvalue weighted by molar-refractivity contribution is 5.64. The van der Waals surface area contributed by atoms with Crippen molar-refractivity contribution in [2.45, 2.75) is 36.9 Å². The molecule has 0 aliphatic carbocycles. The van der Waals surface area contributed by atoms with Gasteiger partial charge >= 0.3 is 6.18 Å². The van der Waals surface area contributed by atoms with E-state index in [2.05, 4.69) is 10.6 Å². The van der Waals surface area contributed by atoms with E-state index < -0.39 is 23.9 Å². The Morgan fingerprint density at radius 2 is 1.59 bits per heavy atom. The van der Waals surface area contributed by atoms with Crippen LogP contribution in [0.1, 0.15) is 23.6 Å². The number of aliphatic hydroxyl groups is 3. The molecule has 0 amide bonds. The minimum atomic E-state index is -4.36. The zero-order valence-corrected chi connectivity index (χ0v) is 15.7. The lowest BCUT2D eigenvalue weighted by molar-refractivity contribution is -0.137. The van der Waals surface area contributed by atoms with E-state index in [1.807, 2.05) is 12.1 Å². The van der Waals surface area contributed by atoms with E-state index in [0.29, 0.717) is 25.1 Å². The standard InChI is InChI=1S/C21H25F3N2O3/c22-21(23,24)16-7-5-14(6-8-16)13-1-3-15(4-2-13)18(12-27)25-10-9-17-20(29)19(28)11-26-17/h1-8,17-20,25-29H,9-12H2/t17-,18?,19+,20-/m1/s1. The van der Waals surface area contributed by atoms with Crippen molar-refractivity contribution >= 4 is 0 Å². The van der Waals surface area contributed by atoms with E-state index in [1.165, 1.54) is 12.1 Å². The summed E-state index contributed by atoms with van der Waals surface area (Å²) >= 11 is 0. The third kappa shape index (κ3) is 5.34. The van der Waals surface area contributed by atoms with Gasteiger partial charge in [0, 0.05) is 12.6 Å². The highest BCUT2D eigenvalue weighted by Gasteiger charge is 2.32. The fourth-order valence-corrected chi connectivity index (χ4v) is 3.52. The number of β-amino-alcohol motifs (C(OH)–C–C–N with tert-alkyl or cyclic N) is 1. The van der Waals surface area contributed by atoms with Crippen LogP contribution in [0.4, 0.5) is 13.2 Å². The molecule has 5 N–H and O–H groups in total. The first-order chi connectivity index (χ1) is 13.8. The van der Waals surface area contributed by atoms with E-state index in [4.69, 9.17) is 0 Å². The summed E-state index contributed by atoms with van der Waals surface area (Å²) in [5.74, 6) is 0. The summed E-state index contributed by atoms with van der Waals surface area (Å²) in [5.41, 5.74) is 1.63. The average Bonchev–Trinajstić information content (AvgIpc) is 3.03. The second kappa shape index (κ2) is 9.23. The van der Waals surface area contributed by atoms with E-state index >= 15 is 0 Å². The van der Waals surface area contributed by atoms with Gasteiger partial charge in [-0.25, -0.2) is 0 Å². The largest absolute Gasteiger partial charge is 0.416 e. The summed E-state index contributed by atoms with van der Waals surface area (Å²) in [7, 11) is 0. The monoisotopic (exact) mass is 410 g/mol. The Morgan fingerprint density at radius 3 is 2.07 bits per heavy atom. The Labute approximate surface area is 167 Å². The number of alkyl halides is 3. The zero-order valence-electron chi connectivity index (χ0n) is 15.7. The predicted molar refractivity (Wildman–Crippen MR) is 103 cm³/mol. The summed E-state index contributed by atoms with van der Waals surface area (Å²) < 4.78 is 38.0. The number of hydrogen-bond donors (Lipinski definition) is 5. The molecule has 1 aliphatic heterocycles. The Balaban J connectivity index is 1.59. The van der Waals surface area contributed by atoms with Crippen LogP contribution < -0.4 is 10.6 Å². The molecule has 1 saturated heterocycles. The SMILES string of the molecule is OCC(NCC[C@H]1NC[C@H](O)[C@@H]1O)c1ccc(-c2ccc(C(F)(F)F)cc2)cc1.